The molecule has 4 heterocycles. The molecule has 1 aromatic heterocycles. The summed E-state index contributed by atoms with van der Waals surface area (Å²) in [5, 5.41) is 10.2. The molecule has 1 aromatic rings. The molecule has 1 saturated heterocycles. The molecule has 3 aliphatic heterocycles. The summed E-state index contributed by atoms with van der Waals surface area (Å²) in [7, 11) is 0. The van der Waals surface area contributed by atoms with Crippen LogP contribution >= 0.6 is 31.9 Å². The van der Waals surface area contributed by atoms with Gasteiger partial charge in [-0.25, -0.2) is 5.26 Å². The van der Waals surface area contributed by atoms with E-state index in [2.05, 4.69) is 31.9 Å². The highest BCUT2D eigenvalue weighted by atomic mass is 79.9. The van der Waals surface area contributed by atoms with Crippen molar-refractivity contribution in [1.29, 1.82) is 0 Å². The molecule has 0 radical (unpaired) electrons. The quantitative estimate of drug-likeness (QED) is 0.214. The fourth-order valence-corrected chi connectivity index (χ4v) is 8.23. The van der Waals surface area contributed by atoms with Crippen LogP contribution in [0.2, 0.25) is 0 Å². The highest BCUT2D eigenvalue weighted by Crippen LogP contribution is 2.54. The molecule has 1 aliphatic carbocycles. The van der Waals surface area contributed by atoms with E-state index in [1.807, 2.05) is 20.8 Å². The lowest BCUT2D eigenvalue weighted by Crippen LogP contribution is -2.60. The van der Waals surface area contributed by atoms with Crippen molar-refractivity contribution in [2.45, 2.75) is 98.0 Å². The minimum atomic E-state index is -4.10. The first-order chi connectivity index (χ1) is 17.6. The second kappa shape index (κ2) is 8.80. The maximum atomic E-state index is 16.3. The van der Waals surface area contributed by atoms with Gasteiger partial charge in [-0.05, 0) is 116 Å². The predicted octanol–water partition coefficient (Wildman–Crippen LogP) is 7.09. The van der Waals surface area contributed by atoms with E-state index in [-0.39, 0.29) is 11.7 Å². The van der Waals surface area contributed by atoms with Crippen molar-refractivity contribution in [3.63, 3.8) is 0 Å². The molecule has 4 aliphatic rings. The van der Waals surface area contributed by atoms with E-state index in [1.165, 1.54) is 8.96 Å². The molecule has 0 saturated carbocycles. The van der Waals surface area contributed by atoms with Gasteiger partial charge in [0, 0.05) is 39.4 Å². The number of Topliss-reactive ketones (excluding diaryl/α,β-unsaturated/α-hetero) is 1. The van der Waals surface area contributed by atoms with Gasteiger partial charge in [-0.15, -0.1) is 0 Å². The Morgan fingerprint density at radius 3 is 2.39 bits per heavy atom. The molecule has 11 heteroatoms. The van der Waals surface area contributed by atoms with Gasteiger partial charge in [0.05, 0.1) is 16.0 Å². The van der Waals surface area contributed by atoms with Crippen LogP contribution in [0.3, 0.4) is 0 Å². The van der Waals surface area contributed by atoms with E-state index in [0.717, 1.165) is 11.1 Å². The molecule has 4 atom stereocenters. The maximum Gasteiger partial charge on any atom is 0.732 e. The van der Waals surface area contributed by atoms with Crippen molar-refractivity contribution in [3.8, 4) is 0 Å². The predicted molar refractivity (Wildman–Crippen MR) is 150 cm³/mol. The van der Waals surface area contributed by atoms with Gasteiger partial charge >= 0.3 is 6.97 Å². The number of halogens is 4. The molecule has 6 nitrogen and oxygen atoms in total. The number of nitrogens with zero attached hydrogens (tertiary/aromatic N) is 2. The monoisotopic (exact) mass is 656 g/mol. The Balaban J connectivity index is 1.67. The standard InChI is InChI=1S/C27H33BBr2F2N2O4/c1-12-16(5)27(38-36)20(13(2)25(12)35)9-10-26(8,37-27)11-19-23-14(3)21(29)17(6)33(23)28(31,32)34-18(7)22(30)15(4)24(19)34/h19,23,36H,9-11H2,1-8H3. The van der Waals surface area contributed by atoms with Gasteiger partial charge in [-0.3, -0.25) is 4.79 Å². The number of fused-ring (bicyclic) bond motifs is 3. The Bertz CT molecular complexity index is 1440. The van der Waals surface area contributed by atoms with Crippen molar-refractivity contribution >= 4 is 50.3 Å². The lowest BCUT2D eigenvalue weighted by molar-refractivity contribution is -0.467. The molecular weight excluding hydrogens is 625 g/mol. The van der Waals surface area contributed by atoms with Crippen LogP contribution in [0.4, 0.5) is 8.63 Å². The van der Waals surface area contributed by atoms with Gasteiger partial charge < -0.3 is 22.3 Å². The fourth-order valence-electron chi connectivity index (χ4n) is 7.40. The topological polar surface area (TPSA) is 63.7 Å². The van der Waals surface area contributed by atoms with E-state index in [9.17, 15) is 10.1 Å². The number of ketones is 1. The molecule has 0 amide bonds. The van der Waals surface area contributed by atoms with Crippen LogP contribution in [-0.4, -0.2) is 50.1 Å². The zero-order valence-corrected chi connectivity index (χ0v) is 26.1. The first-order valence-electron chi connectivity index (χ1n) is 12.9. The first kappa shape index (κ1) is 28.1. The summed E-state index contributed by atoms with van der Waals surface area (Å²) in [4.78, 5) is 17.9. The number of hydrogen-bond donors (Lipinski definition) is 1. The molecule has 38 heavy (non-hydrogen) atoms. The van der Waals surface area contributed by atoms with Gasteiger partial charge in [0.1, 0.15) is 11.8 Å². The van der Waals surface area contributed by atoms with Gasteiger partial charge in [-0.1, -0.05) is 0 Å². The first-order valence-corrected chi connectivity index (χ1v) is 14.5. The van der Waals surface area contributed by atoms with Gasteiger partial charge in [0.15, 0.2) is 5.78 Å². The fraction of sp³-hybridized carbons (Fsp3) is 0.556. The number of allylic oxidation sites excluding steroid dienone is 3. The van der Waals surface area contributed by atoms with Crippen LogP contribution in [0.25, 0.3) is 0 Å². The minimum Gasteiger partial charge on any atom is -0.396 e. The molecule has 5 rings (SSSR count). The lowest BCUT2D eigenvalue weighted by atomic mass is 9.70. The number of carbonyl (C=O) groups excluding carboxylic acids is 1. The molecular formula is C27H33BBr2F2N2O4. The Kier molecular flexibility index (Phi) is 6.52. The molecule has 206 valence electrons. The second-order valence-corrected chi connectivity index (χ2v) is 13.1. The third-order valence-electron chi connectivity index (χ3n) is 9.49. The molecule has 0 aromatic carbocycles. The summed E-state index contributed by atoms with van der Waals surface area (Å²) in [5.74, 6) is -2.00. The van der Waals surface area contributed by atoms with E-state index < -0.39 is 24.4 Å². The second-order valence-electron chi connectivity index (χ2n) is 11.6. The number of rotatable bonds is 3. The van der Waals surface area contributed by atoms with Crippen LogP contribution in [0.5, 0.6) is 0 Å². The third-order valence-corrected chi connectivity index (χ3v) is 11.9. The van der Waals surface area contributed by atoms with E-state index in [4.69, 9.17) is 9.62 Å². The van der Waals surface area contributed by atoms with Crippen molar-refractivity contribution in [2.75, 3.05) is 0 Å². The van der Waals surface area contributed by atoms with Crippen molar-refractivity contribution in [2.24, 2.45) is 0 Å². The molecule has 1 fully saturated rings. The van der Waals surface area contributed by atoms with Crippen molar-refractivity contribution < 1.29 is 32.8 Å². The average Bonchev–Trinajstić information content (AvgIpc) is 3.24. The van der Waals surface area contributed by atoms with E-state index >= 15 is 8.63 Å². The summed E-state index contributed by atoms with van der Waals surface area (Å²) < 4.78 is 43.2. The van der Waals surface area contributed by atoms with Gasteiger partial charge in [0.2, 0.25) is 5.79 Å². The Morgan fingerprint density at radius 1 is 1.16 bits per heavy atom. The summed E-state index contributed by atoms with van der Waals surface area (Å²) in [5.41, 5.74) is 4.52. The van der Waals surface area contributed by atoms with E-state index in [1.54, 1.807) is 34.6 Å². The summed E-state index contributed by atoms with van der Waals surface area (Å²) in [6.45, 7) is 10.3. The SMILES string of the molecule is CC1=C(C)C2(OO)OC(C)(CC3c4c(C)c(Br)c(C)n4[B-](F)(F)[N+]4=C(C)C(Br)=C(C)C34)CCC2=C(C)C1=O. The zero-order chi connectivity index (χ0) is 28.3. The highest BCUT2D eigenvalue weighted by molar-refractivity contribution is 9.12. The smallest absolute Gasteiger partial charge is 0.396 e. The number of aromatic nitrogens is 1. The van der Waals surface area contributed by atoms with Crippen LogP contribution < -0.4 is 0 Å². The minimum absolute atomic E-state index is 0.0823. The summed E-state index contributed by atoms with van der Waals surface area (Å²) in [6, 6.07) is -0.567. The number of ether oxygens (including phenoxy) is 1. The lowest BCUT2D eigenvalue weighted by Gasteiger charge is -2.51. The number of carbonyl (C=O) groups is 1. The van der Waals surface area contributed by atoms with Crippen LogP contribution in [0, 0.1) is 13.8 Å². The van der Waals surface area contributed by atoms with Crippen LogP contribution in [0.1, 0.15) is 83.7 Å². The number of hydrogen-bond acceptors (Lipinski definition) is 4. The van der Waals surface area contributed by atoms with Gasteiger partial charge in [0.25, 0.3) is 0 Å². The Morgan fingerprint density at radius 2 is 1.79 bits per heavy atom. The maximum absolute atomic E-state index is 16.3. The zero-order valence-electron chi connectivity index (χ0n) is 22.9. The Hall–Kier alpha value is -1.40. The van der Waals surface area contributed by atoms with Crippen LogP contribution in [-0.2, 0) is 14.4 Å². The third kappa shape index (κ3) is 3.44. The largest absolute Gasteiger partial charge is 0.732 e. The van der Waals surface area contributed by atoms with Gasteiger partial charge in [-0.2, -0.15) is 4.89 Å². The Labute approximate surface area is 238 Å². The van der Waals surface area contributed by atoms with E-state index in [0.29, 0.717) is 67.6 Å². The molecule has 1 N–H and O–H groups in total. The molecule has 0 spiro atoms. The van der Waals surface area contributed by atoms with Crippen LogP contribution in [0.15, 0.2) is 36.8 Å². The highest BCUT2D eigenvalue weighted by Gasteiger charge is 2.62. The average molecular weight is 658 g/mol. The van der Waals surface area contributed by atoms with Crippen molar-refractivity contribution in [3.05, 3.63) is 53.8 Å². The summed E-state index contributed by atoms with van der Waals surface area (Å²) in [6.07, 6.45) is 1.42. The summed E-state index contributed by atoms with van der Waals surface area (Å²) >= 11 is 7.16. The van der Waals surface area contributed by atoms with Crippen molar-refractivity contribution in [1.82, 2.24) is 4.48 Å². The molecule has 0 bridgehead atoms. The molecule has 4 unspecified atom stereocenters. The normalized spacial score (nSPS) is 32.8.